The van der Waals surface area contributed by atoms with Gasteiger partial charge in [-0.3, -0.25) is 4.79 Å². The fraction of sp³-hybridized carbons (Fsp3) is 0.545. The maximum atomic E-state index is 12.3. The highest BCUT2D eigenvalue weighted by molar-refractivity contribution is 7.89. The molecule has 0 amide bonds. The number of hydrogen-bond acceptors (Lipinski definition) is 4. The Morgan fingerprint density at radius 3 is 3.00 bits per heavy atom. The number of nitrogens with one attached hydrogen (secondary N) is 1. The van der Waals surface area contributed by atoms with Crippen LogP contribution in [0.15, 0.2) is 23.4 Å². The molecule has 1 unspecified atom stereocenters. The number of esters is 1. The smallest absolute Gasteiger partial charge is 0.324 e. The zero-order chi connectivity index (χ0) is 13.2. The summed E-state index contributed by atoms with van der Waals surface area (Å²) in [5.41, 5.74) is 0. The number of ether oxygens (including phenoxy) is 1. The third-order valence-corrected chi connectivity index (χ3v) is 4.84. The molecule has 1 aliphatic heterocycles. The Labute approximate surface area is 106 Å². The van der Waals surface area contributed by atoms with E-state index in [0.717, 1.165) is 0 Å². The van der Waals surface area contributed by atoms with Crippen molar-refractivity contribution in [3.8, 4) is 0 Å². The van der Waals surface area contributed by atoms with Gasteiger partial charge < -0.3 is 9.72 Å². The summed E-state index contributed by atoms with van der Waals surface area (Å²) in [4.78, 5) is 14.6. The largest absolute Gasteiger partial charge is 0.465 e. The van der Waals surface area contributed by atoms with E-state index in [1.807, 2.05) is 0 Å². The first kappa shape index (κ1) is 13.1. The van der Waals surface area contributed by atoms with E-state index in [9.17, 15) is 13.2 Å². The molecule has 18 heavy (non-hydrogen) atoms. The van der Waals surface area contributed by atoms with Crippen LogP contribution in [-0.4, -0.2) is 42.9 Å². The first-order valence-electron chi connectivity index (χ1n) is 5.88. The summed E-state index contributed by atoms with van der Waals surface area (Å²) in [5, 5.41) is 0. The Bertz CT molecular complexity index is 509. The van der Waals surface area contributed by atoms with E-state index in [2.05, 4.69) is 4.98 Å². The molecule has 1 fully saturated rings. The van der Waals surface area contributed by atoms with Gasteiger partial charge in [0.1, 0.15) is 6.04 Å². The predicted octanol–water partition coefficient (Wildman–Crippen LogP) is 0.731. The maximum absolute atomic E-state index is 12.3. The number of aromatic nitrogens is 1. The topological polar surface area (TPSA) is 79.5 Å². The molecule has 7 heteroatoms. The minimum atomic E-state index is -3.61. The molecule has 1 aromatic heterocycles. The molecule has 1 aromatic rings. The number of rotatable bonds is 4. The number of carbonyl (C=O) groups is 1. The highest BCUT2D eigenvalue weighted by Crippen LogP contribution is 2.26. The molecular formula is C11H16N2O4S. The summed E-state index contributed by atoms with van der Waals surface area (Å²) in [7, 11) is -3.61. The SMILES string of the molecule is CCOC(=O)C1CCCN1S(=O)(=O)c1cc[nH]c1. The van der Waals surface area contributed by atoms with Gasteiger partial charge in [-0.25, -0.2) is 8.42 Å². The number of H-pyrrole nitrogens is 1. The Morgan fingerprint density at radius 2 is 2.39 bits per heavy atom. The lowest BCUT2D eigenvalue weighted by atomic mass is 10.2. The van der Waals surface area contributed by atoms with E-state index < -0.39 is 22.0 Å². The molecule has 6 nitrogen and oxygen atoms in total. The van der Waals surface area contributed by atoms with Gasteiger partial charge in [-0.15, -0.1) is 0 Å². The quantitative estimate of drug-likeness (QED) is 0.819. The average molecular weight is 272 g/mol. The van der Waals surface area contributed by atoms with E-state index in [4.69, 9.17) is 4.74 Å². The van der Waals surface area contributed by atoms with Gasteiger partial charge in [0, 0.05) is 18.9 Å². The van der Waals surface area contributed by atoms with Crippen molar-refractivity contribution in [1.82, 2.24) is 9.29 Å². The number of sulfonamides is 1. The number of hydrogen-bond donors (Lipinski definition) is 1. The van der Waals surface area contributed by atoms with Crippen LogP contribution < -0.4 is 0 Å². The van der Waals surface area contributed by atoms with E-state index in [0.29, 0.717) is 19.4 Å². The molecule has 2 rings (SSSR count). The molecule has 0 bridgehead atoms. The van der Waals surface area contributed by atoms with Crippen molar-refractivity contribution >= 4 is 16.0 Å². The molecular weight excluding hydrogens is 256 g/mol. The standard InChI is InChI=1S/C11H16N2O4S/c1-2-17-11(14)10-4-3-7-13(10)18(15,16)9-5-6-12-8-9/h5-6,8,10,12H,2-4,7H2,1H3. The molecule has 100 valence electrons. The fourth-order valence-electron chi connectivity index (χ4n) is 2.11. The van der Waals surface area contributed by atoms with Crippen molar-refractivity contribution in [3.05, 3.63) is 18.5 Å². The third-order valence-electron chi connectivity index (χ3n) is 2.94. The molecule has 0 radical (unpaired) electrons. The summed E-state index contributed by atoms with van der Waals surface area (Å²) in [6.07, 6.45) is 4.15. The van der Waals surface area contributed by atoms with Crippen LogP contribution >= 0.6 is 0 Å². The van der Waals surface area contributed by atoms with Gasteiger partial charge in [-0.2, -0.15) is 4.31 Å². The summed E-state index contributed by atoms with van der Waals surface area (Å²) in [6.45, 7) is 2.32. The van der Waals surface area contributed by atoms with Gasteiger partial charge in [0.05, 0.1) is 11.5 Å². The molecule has 2 heterocycles. The zero-order valence-electron chi connectivity index (χ0n) is 10.1. The summed E-state index contributed by atoms with van der Waals surface area (Å²) >= 11 is 0. The van der Waals surface area contributed by atoms with E-state index >= 15 is 0 Å². The van der Waals surface area contributed by atoms with Crippen LogP contribution in [0.5, 0.6) is 0 Å². The van der Waals surface area contributed by atoms with Crippen LogP contribution in [0.4, 0.5) is 0 Å². The van der Waals surface area contributed by atoms with Crippen molar-refractivity contribution in [1.29, 1.82) is 0 Å². The highest BCUT2D eigenvalue weighted by atomic mass is 32.2. The second-order valence-corrected chi connectivity index (χ2v) is 5.96. The summed E-state index contributed by atoms with van der Waals surface area (Å²) in [6, 6.07) is 0.792. The molecule has 1 aliphatic rings. The van der Waals surface area contributed by atoms with Crippen LogP contribution in [0, 0.1) is 0 Å². The van der Waals surface area contributed by atoms with Gasteiger partial charge in [0.2, 0.25) is 10.0 Å². The monoisotopic (exact) mass is 272 g/mol. The molecule has 1 atom stereocenters. The van der Waals surface area contributed by atoms with E-state index in [-0.39, 0.29) is 11.5 Å². The Balaban J connectivity index is 2.24. The molecule has 0 spiro atoms. The van der Waals surface area contributed by atoms with Crippen LogP contribution in [-0.2, 0) is 19.6 Å². The highest BCUT2D eigenvalue weighted by Gasteiger charge is 2.40. The van der Waals surface area contributed by atoms with Crippen molar-refractivity contribution in [2.24, 2.45) is 0 Å². The van der Waals surface area contributed by atoms with Crippen molar-refractivity contribution in [2.45, 2.75) is 30.7 Å². The Hall–Kier alpha value is -1.34. The molecule has 1 N–H and O–H groups in total. The lowest BCUT2D eigenvalue weighted by molar-refractivity contribution is -0.146. The van der Waals surface area contributed by atoms with Gasteiger partial charge in [-0.05, 0) is 25.8 Å². The number of carbonyl (C=O) groups excluding carboxylic acids is 1. The van der Waals surface area contributed by atoms with Gasteiger partial charge in [0.25, 0.3) is 0 Å². The summed E-state index contributed by atoms with van der Waals surface area (Å²) < 4.78 is 30.8. The second-order valence-electron chi connectivity index (χ2n) is 4.07. The zero-order valence-corrected chi connectivity index (χ0v) is 10.9. The van der Waals surface area contributed by atoms with Crippen LogP contribution in [0.2, 0.25) is 0 Å². The molecule has 0 aromatic carbocycles. The van der Waals surface area contributed by atoms with Gasteiger partial charge in [0.15, 0.2) is 0 Å². The number of nitrogens with zero attached hydrogens (tertiary/aromatic N) is 1. The minimum absolute atomic E-state index is 0.179. The van der Waals surface area contributed by atoms with Crippen LogP contribution in [0.3, 0.4) is 0 Å². The number of aromatic amines is 1. The first-order chi connectivity index (χ1) is 8.57. The second kappa shape index (κ2) is 5.11. The van der Waals surface area contributed by atoms with E-state index in [1.54, 1.807) is 13.1 Å². The Kier molecular flexibility index (Phi) is 3.72. The van der Waals surface area contributed by atoms with E-state index in [1.165, 1.54) is 16.6 Å². The first-order valence-corrected chi connectivity index (χ1v) is 7.32. The predicted molar refractivity (Wildman–Crippen MR) is 64.3 cm³/mol. The van der Waals surface area contributed by atoms with Crippen LogP contribution in [0.25, 0.3) is 0 Å². The Morgan fingerprint density at radius 1 is 1.61 bits per heavy atom. The molecule has 0 aliphatic carbocycles. The van der Waals surface area contributed by atoms with Crippen molar-refractivity contribution in [3.63, 3.8) is 0 Å². The van der Waals surface area contributed by atoms with Crippen molar-refractivity contribution in [2.75, 3.05) is 13.2 Å². The fourth-order valence-corrected chi connectivity index (χ4v) is 3.73. The van der Waals surface area contributed by atoms with Gasteiger partial charge in [-0.1, -0.05) is 0 Å². The summed E-state index contributed by atoms with van der Waals surface area (Å²) in [5.74, 6) is -0.464. The minimum Gasteiger partial charge on any atom is -0.465 e. The van der Waals surface area contributed by atoms with Crippen molar-refractivity contribution < 1.29 is 17.9 Å². The maximum Gasteiger partial charge on any atom is 0.324 e. The lowest BCUT2D eigenvalue weighted by Crippen LogP contribution is -2.41. The normalized spacial score (nSPS) is 21.1. The third kappa shape index (κ3) is 2.28. The molecule has 1 saturated heterocycles. The molecule has 0 saturated carbocycles. The van der Waals surface area contributed by atoms with Gasteiger partial charge >= 0.3 is 5.97 Å². The average Bonchev–Trinajstić information content (AvgIpc) is 3.01. The lowest BCUT2D eigenvalue weighted by Gasteiger charge is -2.21. The van der Waals surface area contributed by atoms with Crippen LogP contribution in [0.1, 0.15) is 19.8 Å².